The first-order valence-electron chi connectivity index (χ1n) is 6.56. The van der Waals surface area contributed by atoms with Gasteiger partial charge in [-0.25, -0.2) is 0 Å². The quantitative estimate of drug-likeness (QED) is 0.875. The lowest BCUT2D eigenvalue weighted by Crippen LogP contribution is -2.24. The smallest absolute Gasteiger partial charge is 0.307 e. The van der Waals surface area contributed by atoms with Crippen molar-refractivity contribution in [2.24, 2.45) is 5.92 Å². The summed E-state index contributed by atoms with van der Waals surface area (Å²) in [5.41, 5.74) is 1.87. The van der Waals surface area contributed by atoms with Crippen LogP contribution in [-0.4, -0.2) is 24.7 Å². The van der Waals surface area contributed by atoms with Gasteiger partial charge in [-0.2, -0.15) is 0 Å². The molecule has 1 aromatic carbocycles. The van der Waals surface area contributed by atoms with E-state index < -0.39 is 5.97 Å². The van der Waals surface area contributed by atoms with Crippen LogP contribution in [0.1, 0.15) is 37.4 Å². The molecule has 0 aromatic heterocycles. The maximum atomic E-state index is 11.1. The van der Waals surface area contributed by atoms with Gasteiger partial charge in [0.2, 0.25) is 0 Å². The standard InChI is InChI=1S/C15H21NO3/c1-15(2,19-3)12-7-5-4-6-11(12)13-8-10(9-16-13)14(17)18/h4-7,10,13,16H,8-9H2,1-3H3,(H,17,18). The second-order valence-corrected chi connectivity index (χ2v) is 5.53. The molecule has 2 rings (SSSR count). The van der Waals surface area contributed by atoms with Crippen LogP contribution in [-0.2, 0) is 15.1 Å². The van der Waals surface area contributed by atoms with E-state index in [2.05, 4.69) is 17.4 Å². The third kappa shape index (κ3) is 2.80. The summed E-state index contributed by atoms with van der Waals surface area (Å²) in [7, 11) is 1.69. The number of ether oxygens (including phenoxy) is 1. The molecule has 1 fully saturated rings. The van der Waals surface area contributed by atoms with Crippen LogP contribution < -0.4 is 5.32 Å². The van der Waals surface area contributed by atoms with Gasteiger partial charge in [0.25, 0.3) is 0 Å². The zero-order chi connectivity index (χ0) is 14.0. The van der Waals surface area contributed by atoms with E-state index in [9.17, 15) is 4.79 Å². The van der Waals surface area contributed by atoms with Crippen molar-refractivity contribution in [2.75, 3.05) is 13.7 Å². The van der Waals surface area contributed by atoms with Gasteiger partial charge in [0.15, 0.2) is 0 Å². The minimum atomic E-state index is -0.724. The van der Waals surface area contributed by atoms with Crippen molar-refractivity contribution in [3.05, 3.63) is 35.4 Å². The normalized spacial score (nSPS) is 23.5. The molecular weight excluding hydrogens is 242 g/mol. The van der Waals surface area contributed by atoms with Gasteiger partial charge in [0.1, 0.15) is 0 Å². The molecule has 0 amide bonds. The summed E-state index contributed by atoms with van der Waals surface area (Å²) in [6.45, 7) is 4.58. The zero-order valence-electron chi connectivity index (χ0n) is 11.6. The van der Waals surface area contributed by atoms with Crippen LogP contribution >= 0.6 is 0 Å². The number of hydrogen-bond donors (Lipinski definition) is 2. The molecule has 1 saturated heterocycles. The highest BCUT2D eigenvalue weighted by Gasteiger charge is 2.33. The van der Waals surface area contributed by atoms with Gasteiger partial charge in [0, 0.05) is 19.7 Å². The largest absolute Gasteiger partial charge is 0.481 e. The molecule has 0 spiro atoms. The van der Waals surface area contributed by atoms with Gasteiger partial charge >= 0.3 is 5.97 Å². The van der Waals surface area contributed by atoms with Crippen molar-refractivity contribution >= 4 is 5.97 Å². The Morgan fingerprint density at radius 1 is 1.42 bits per heavy atom. The topological polar surface area (TPSA) is 58.6 Å². The number of carboxylic acid groups (broad SMARTS) is 1. The molecule has 1 heterocycles. The summed E-state index contributed by atoms with van der Waals surface area (Å²) in [6, 6.07) is 8.17. The minimum absolute atomic E-state index is 0.0896. The van der Waals surface area contributed by atoms with Gasteiger partial charge in [-0.15, -0.1) is 0 Å². The Kier molecular flexibility index (Phi) is 3.92. The van der Waals surface area contributed by atoms with Gasteiger partial charge in [-0.05, 0) is 31.4 Å². The predicted molar refractivity (Wildman–Crippen MR) is 73.0 cm³/mol. The highest BCUT2D eigenvalue weighted by molar-refractivity contribution is 5.70. The molecule has 2 atom stereocenters. The molecule has 1 aliphatic rings. The molecular formula is C15H21NO3. The van der Waals surface area contributed by atoms with Crippen molar-refractivity contribution in [1.82, 2.24) is 5.32 Å². The van der Waals surface area contributed by atoms with Gasteiger partial charge in [0.05, 0.1) is 11.5 Å². The number of carboxylic acids is 1. The van der Waals surface area contributed by atoms with E-state index in [4.69, 9.17) is 9.84 Å². The Hall–Kier alpha value is -1.39. The van der Waals surface area contributed by atoms with Crippen molar-refractivity contribution in [1.29, 1.82) is 0 Å². The van der Waals surface area contributed by atoms with Crippen LogP contribution in [0.3, 0.4) is 0 Å². The van der Waals surface area contributed by atoms with Crippen LogP contribution in [0.5, 0.6) is 0 Å². The predicted octanol–water partition coefficient (Wildman–Crippen LogP) is 2.30. The Bertz CT molecular complexity index is 470. The third-order valence-electron chi connectivity index (χ3n) is 3.98. The lowest BCUT2D eigenvalue weighted by molar-refractivity contribution is -0.141. The van der Waals surface area contributed by atoms with Gasteiger partial charge in [-0.1, -0.05) is 24.3 Å². The lowest BCUT2D eigenvalue weighted by atomic mass is 9.88. The molecule has 0 saturated carbocycles. The van der Waals surface area contributed by atoms with Crippen molar-refractivity contribution in [2.45, 2.75) is 31.9 Å². The molecule has 4 heteroatoms. The van der Waals surface area contributed by atoms with E-state index in [0.29, 0.717) is 13.0 Å². The molecule has 1 aliphatic heterocycles. The van der Waals surface area contributed by atoms with E-state index in [0.717, 1.165) is 11.1 Å². The molecule has 0 aliphatic carbocycles. The average molecular weight is 263 g/mol. The number of carbonyl (C=O) groups is 1. The second-order valence-electron chi connectivity index (χ2n) is 5.53. The van der Waals surface area contributed by atoms with E-state index in [1.54, 1.807) is 7.11 Å². The zero-order valence-corrected chi connectivity index (χ0v) is 11.6. The van der Waals surface area contributed by atoms with Crippen LogP contribution in [0.15, 0.2) is 24.3 Å². The summed E-state index contributed by atoms with van der Waals surface area (Å²) in [5.74, 6) is -1.03. The fraction of sp³-hybridized carbons (Fsp3) is 0.533. The number of benzene rings is 1. The molecule has 19 heavy (non-hydrogen) atoms. The minimum Gasteiger partial charge on any atom is -0.481 e. The fourth-order valence-corrected chi connectivity index (χ4v) is 2.62. The molecule has 4 nitrogen and oxygen atoms in total. The molecule has 104 valence electrons. The molecule has 1 aromatic rings. The van der Waals surface area contributed by atoms with Crippen LogP contribution in [0.25, 0.3) is 0 Å². The Labute approximate surface area is 113 Å². The van der Waals surface area contributed by atoms with Crippen LogP contribution in [0, 0.1) is 5.92 Å². The van der Waals surface area contributed by atoms with Gasteiger partial charge in [-0.3, -0.25) is 4.79 Å². The maximum absolute atomic E-state index is 11.1. The first kappa shape index (κ1) is 14.0. The summed E-state index contributed by atoms with van der Waals surface area (Å²) in [6.07, 6.45) is 0.631. The number of hydrogen-bond acceptors (Lipinski definition) is 3. The number of methoxy groups -OCH3 is 1. The third-order valence-corrected chi connectivity index (χ3v) is 3.98. The van der Waals surface area contributed by atoms with Crippen LogP contribution in [0.4, 0.5) is 0 Å². The van der Waals surface area contributed by atoms with E-state index in [1.165, 1.54) is 0 Å². The summed E-state index contributed by atoms with van der Waals surface area (Å²) >= 11 is 0. The number of rotatable bonds is 4. The monoisotopic (exact) mass is 263 g/mol. The summed E-state index contributed by atoms with van der Waals surface area (Å²) in [5, 5.41) is 12.4. The first-order valence-corrected chi connectivity index (χ1v) is 6.56. The summed E-state index contributed by atoms with van der Waals surface area (Å²) < 4.78 is 5.55. The SMILES string of the molecule is COC(C)(C)c1ccccc1C1CC(C(=O)O)CN1. The van der Waals surface area contributed by atoms with E-state index >= 15 is 0 Å². The van der Waals surface area contributed by atoms with Crippen molar-refractivity contribution in [3.63, 3.8) is 0 Å². The van der Waals surface area contributed by atoms with Crippen molar-refractivity contribution in [3.8, 4) is 0 Å². The van der Waals surface area contributed by atoms with E-state index in [-0.39, 0.29) is 17.6 Å². The molecule has 2 unspecified atom stereocenters. The number of aliphatic carboxylic acids is 1. The van der Waals surface area contributed by atoms with E-state index in [1.807, 2.05) is 26.0 Å². The molecule has 0 bridgehead atoms. The maximum Gasteiger partial charge on any atom is 0.307 e. The average Bonchev–Trinajstić information content (AvgIpc) is 2.88. The second kappa shape index (κ2) is 5.31. The lowest BCUT2D eigenvalue weighted by Gasteiger charge is -2.28. The summed E-state index contributed by atoms with van der Waals surface area (Å²) in [4.78, 5) is 11.1. The highest BCUT2D eigenvalue weighted by atomic mass is 16.5. The number of nitrogens with one attached hydrogen (secondary N) is 1. The Morgan fingerprint density at radius 2 is 2.11 bits per heavy atom. The van der Waals surface area contributed by atoms with Gasteiger partial charge < -0.3 is 15.2 Å². The molecule has 0 radical (unpaired) electrons. The molecule has 2 N–H and O–H groups in total. The van der Waals surface area contributed by atoms with Crippen molar-refractivity contribution < 1.29 is 14.6 Å². The highest BCUT2D eigenvalue weighted by Crippen LogP contribution is 2.35. The Morgan fingerprint density at radius 3 is 2.68 bits per heavy atom. The van der Waals surface area contributed by atoms with Crippen LogP contribution in [0.2, 0.25) is 0 Å². The fourth-order valence-electron chi connectivity index (χ4n) is 2.62. The first-order chi connectivity index (χ1) is 8.95. The Balaban J connectivity index is 2.29.